The minimum Gasteiger partial charge on any atom is -0.238 e. The van der Waals surface area contributed by atoms with E-state index in [-0.39, 0.29) is 7.43 Å². The number of unbranched alkanes of at least 4 members (excludes halogenated alkanes) is 24. The van der Waals surface area contributed by atoms with E-state index in [0.717, 1.165) is 45.7 Å². The van der Waals surface area contributed by atoms with Gasteiger partial charge in [0.1, 0.15) is 8.07 Å². The second kappa shape index (κ2) is 57.8. The fraction of sp³-hybridized carbons (Fsp3) is 0.479. The zero-order valence-corrected chi connectivity index (χ0v) is 109. The van der Waals surface area contributed by atoms with E-state index >= 15 is 0 Å². The van der Waals surface area contributed by atoms with Crippen LogP contribution >= 0.6 is 176 Å². The summed E-state index contributed by atoms with van der Waals surface area (Å²) >= 11 is 26.8. The van der Waals surface area contributed by atoms with Crippen LogP contribution in [-0.4, -0.2) is 72.8 Å². The number of fused-ring (bicyclic) bond motifs is 6. The van der Waals surface area contributed by atoms with E-state index in [1.165, 1.54) is 334 Å². The Hall–Kier alpha value is -2.80. The molecule has 0 radical (unpaired) electrons. The maximum absolute atomic E-state index is 5.46. The summed E-state index contributed by atoms with van der Waals surface area (Å²) in [4.78, 5) is 60.3. The average Bonchev–Trinajstić information content (AvgIpc) is 1.54. The Bertz CT molecular complexity index is 6020. The maximum atomic E-state index is 5.46. The predicted octanol–water partition coefficient (Wildman–Crippen LogP) is 40.3. The van der Waals surface area contributed by atoms with Crippen LogP contribution in [0.15, 0.2) is 171 Å². The zero-order chi connectivity index (χ0) is 99.5. The molecule has 0 fully saturated rings. The Morgan fingerprint density at radius 1 is 0.254 bits per heavy atom. The second-order valence-electron chi connectivity index (χ2n) is 41.1. The molecule has 12 aromatic heterocycles. The minimum atomic E-state index is -2.06. The smallest absolute Gasteiger partial charge is 0.153 e. The van der Waals surface area contributed by atoms with E-state index in [4.69, 9.17) is 19.9 Å². The van der Waals surface area contributed by atoms with Gasteiger partial charge in [0, 0.05) is 48.8 Å². The number of aromatic nitrogens is 4. The number of benzene rings is 3. The predicted molar refractivity (Wildman–Crippen MR) is 674 cm³/mol. The molecule has 17 rings (SSSR count). The molecule has 3 aromatic carbocycles. The third-order valence-electron chi connectivity index (χ3n) is 27.7. The molecule has 23 heteroatoms. The number of rotatable bonds is 52. The fourth-order valence-electron chi connectivity index (χ4n) is 20.0. The van der Waals surface area contributed by atoms with Crippen LogP contribution in [-0.2, 0) is 25.7 Å². The maximum Gasteiger partial charge on any atom is 0.153 e. The number of thiazole rings is 4. The average molecular weight is 2510 g/mol. The van der Waals surface area contributed by atoms with Crippen LogP contribution in [0.2, 0.25) is 53.8 Å². The fourth-order valence-corrected chi connectivity index (χ4v) is 62.0. The van der Waals surface area contributed by atoms with Gasteiger partial charge in [-0.1, -0.05) is 268 Å². The number of halogens is 2. The Labute approximate surface area is 933 Å². The molecule has 14 heterocycles. The molecular formula is C119H159Br2N4PS12Si2Sn2. The molecule has 15 aromatic rings. The van der Waals surface area contributed by atoms with Gasteiger partial charge < -0.3 is 0 Å². The summed E-state index contributed by atoms with van der Waals surface area (Å²) in [6, 6.07) is 67.3. The summed E-state index contributed by atoms with van der Waals surface area (Å²) < 4.78 is 6.00. The summed E-state index contributed by atoms with van der Waals surface area (Å²) in [6.45, 7) is 23.1. The van der Waals surface area contributed by atoms with Gasteiger partial charge in [-0.25, -0.2) is 19.9 Å². The summed E-state index contributed by atoms with van der Waals surface area (Å²) in [5, 5.41) is 16.0. The van der Waals surface area contributed by atoms with Gasteiger partial charge in [0.25, 0.3) is 0 Å². The molecule has 0 aliphatic carbocycles. The first-order valence-electron chi connectivity index (χ1n) is 53.7. The molecule has 4 nitrogen and oxygen atoms in total. The van der Waals surface area contributed by atoms with Crippen molar-refractivity contribution in [1.82, 2.24) is 19.9 Å². The van der Waals surface area contributed by atoms with Crippen molar-refractivity contribution in [2.45, 2.75) is 362 Å². The first kappa shape index (κ1) is 116. The molecule has 0 saturated heterocycles. The van der Waals surface area contributed by atoms with Gasteiger partial charge in [0.2, 0.25) is 0 Å². The summed E-state index contributed by atoms with van der Waals surface area (Å²) in [7, 11) is -3.86. The van der Waals surface area contributed by atoms with Crippen LogP contribution in [0.3, 0.4) is 0 Å². The van der Waals surface area contributed by atoms with Gasteiger partial charge in [-0.3, -0.25) is 0 Å². The first-order valence-corrected chi connectivity index (χ1v) is 91.2. The number of aryl methyl sites for hydroxylation is 6. The normalized spacial score (nSPS) is 12.8. The standard InChI is InChI=1S/C48H64N2S6Si.C26H30Br2N2S4.C20H28S2Si.C18H15P.CH4.6CH3.2Sn/c1-7-11-15-19-23-35-43(38-26-25-33(5)51-38)55-47(49-35)48-50-36(24-20-16-12-8-2)44(56-48)39-28-27-37(53-39)40-32-42-46(54-40)45-41(31-34(6)52-45)57(42,29-21-17-13-9-3)30-22-18-14-10-4;1-3-5-7-9-11-17-23(19-13-15-21(27)31-19)33-25(29-17)26-30-18(12-10-8-6-4-2)24(34-26)20-14-16-22(28)32-20;1-3-5-7-9-15-23(16-10-8-6-4-2)17-11-13-21-19(17)20-18(23)12-14-22-20;1-4-10-16(11-5-1)19(17-12-6-2-7-13-17)18-14-8-3-9-15-18;;;;;;;;;/h25-28,31-32H,7-24,29-30H2,1-6H3;13-16H,3-12H2,1-2H3;11-12H,3-10,15-16H2,1-2H3;1-15H;1H4;6*1H3;;. The van der Waals surface area contributed by atoms with Gasteiger partial charge in [-0.2, -0.15) is 0 Å². The molecular weight excluding hydrogens is 2350 g/mol. The van der Waals surface area contributed by atoms with Crippen LogP contribution in [0.25, 0.3) is 88.3 Å². The van der Waals surface area contributed by atoms with Crippen molar-refractivity contribution < 1.29 is 0 Å². The molecule has 0 atom stereocenters. The second-order valence-corrected chi connectivity index (χ2v) is 98.4. The van der Waals surface area contributed by atoms with Gasteiger partial charge in [-0.05, 0) is 204 Å². The van der Waals surface area contributed by atoms with Gasteiger partial charge in [0.05, 0.1) is 49.9 Å². The van der Waals surface area contributed by atoms with E-state index in [1.54, 1.807) is 52.6 Å². The van der Waals surface area contributed by atoms with E-state index < -0.39 is 60.8 Å². The molecule has 762 valence electrons. The molecule has 0 spiro atoms. The Morgan fingerprint density at radius 3 is 0.845 bits per heavy atom. The minimum absolute atomic E-state index is 0. The Morgan fingerprint density at radius 2 is 0.535 bits per heavy atom. The number of hydrogen-bond acceptors (Lipinski definition) is 16. The van der Waals surface area contributed by atoms with Crippen molar-refractivity contribution >= 4 is 271 Å². The SMILES string of the molecule is C.CCCCCC[Si]1(CCCCCC)c2c[c]([Sn]([CH3])([CH3])[CH3])sc2-c2s[c]([Sn]([CH3])([CH3])[CH3])cc21.CCCCCCc1nc(-c2nc(CCCCCC)c(-c3ccc(-c4cc5c(s4)-c4sc(C)cc4[Si]5(CCCCCC)CCCCCC)s3)s2)sc1-c1ccc(C)s1.CCCCCCc1nc(-c2nc(CCCCCC)c(-c3ccc(Br)s3)s2)sc1-c1ccc(Br)s1.c1ccc(P(c2ccccc2)c2ccccc2)cc1. The van der Waals surface area contributed by atoms with Gasteiger partial charge in [0.15, 0.2) is 20.0 Å². The van der Waals surface area contributed by atoms with Gasteiger partial charge >= 0.3 is 212 Å². The largest absolute Gasteiger partial charge is 0.238 e. The topological polar surface area (TPSA) is 51.6 Å². The summed E-state index contributed by atoms with van der Waals surface area (Å²) in [5.41, 5.74) is 5.04. The molecule has 142 heavy (non-hydrogen) atoms. The van der Waals surface area contributed by atoms with Crippen LogP contribution < -0.4 is 42.4 Å². The van der Waals surface area contributed by atoms with Crippen LogP contribution in [0.4, 0.5) is 0 Å². The van der Waals surface area contributed by atoms with Crippen molar-refractivity contribution in [2.75, 3.05) is 0 Å². The number of nitrogens with zero attached hydrogens (tertiary/aromatic N) is 4. The Kier molecular flexibility index (Phi) is 47.3. The monoisotopic (exact) mass is 2510 g/mol. The number of thiophene rings is 8. The third-order valence-corrected chi connectivity index (χ3v) is 76.0. The van der Waals surface area contributed by atoms with Crippen molar-refractivity contribution in [2.24, 2.45) is 0 Å². The molecule has 2 aliphatic rings. The van der Waals surface area contributed by atoms with Crippen LogP contribution in [0, 0.1) is 13.8 Å². The van der Waals surface area contributed by atoms with E-state index in [9.17, 15) is 0 Å². The molecule has 2 aliphatic heterocycles. The molecule has 0 amide bonds. The zero-order valence-electron chi connectivity index (χ0n) is 87.3. The van der Waals surface area contributed by atoms with Crippen LogP contribution in [0.5, 0.6) is 0 Å². The summed E-state index contributed by atoms with van der Waals surface area (Å²) in [6.07, 6.45) is 46.5. The van der Waals surface area contributed by atoms with Crippen LogP contribution in [0.1, 0.15) is 301 Å². The third kappa shape index (κ3) is 30.4. The summed E-state index contributed by atoms with van der Waals surface area (Å²) in [5.74, 6) is 0. The Balaban J connectivity index is 0.000000171. The van der Waals surface area contributed by atoms with E-state index in [1.807, 2.05) is 84.2 Å². The molecule has 0 saturated carbocycles. The van der Waals surface area contributed by atoms with Crippen molar-refractivity contribution in [3.63, 3.8) is 0 Å². The van der Waals surface area contributed by atoms with E-state index in [0.29, 0.717) is 0 Å². The molecule has 0 N–H and O–H groups in total. The van der Waals surface area contributed by atoms with Crippen molar-refractivity contribution in [3.05, 3.63) is 204 Å². The van der Waals surface area contributed by atoms with E-state index in [2.05, 4.69) is 340 Å². The number of hydrogen-bond donors (Lipinski definition) is 0. The first-order chi connectivity index (χ1) is 68.5. The van der Waals surface area contributed by atoms with Crippen molar-refractivity contribution in [1.29, 1.82) is 0 Å². The molecule has 0 unspecified atom stereocenters. The molecule has 0 bridgehead atoms. The quantitative estimate of drug-likeness (QED) is 0.0217. The van der Waals surface area contributed by atoms with Crippen molar-refractivity contribution in [3.8, 4) is 88.3 Å². The van der Waals surface area contributed by atoms with Gasteiger partial charge in [-0.15, -0.1) is 113 Å².